The summed E-state index contributed by atoms with van der Waals surface area (Å²) < 4.78 is 12.8. The van der Waals surface area contributed by atoms with Gasteiger partial charge in [-0.1, -0.05) is 30.3 Å². The molecule has 0 saturated carbocycles. The van der Waals surface area contributed by atoms with Gasteiger partial charge in [0.1, 0.15) is 10.8 Å². The number of aromatic nitrogens is 1. The van der Waals surface area contributed by atoms with Crippen LogP contribution in [0.25, 0.3) is 0 Å². The minimum Gasteiger partial charge on any atom is -0.346 e. The van der Waals surface area contributed by atoms with Crippen molar-refractivity contribution in [3.63, 3.8) is 0 Å². The molecule has 1 aromatic heterocycles. The topological polar surface area (TPSA) is 42.0 Å². The first-order valence-corrected chi connectivity index (χ1v) is 8.03. The van der Waals surface area contributed by atoms with Crippen LogP contribution in [0.4, 0.5) is 4.39 Å². The Hall–Kier alpha value is -2.53. The lowest BCUT2D eigenvalue weighted by Crippen LogP contribution is -2.22. The van der Waals surface area contributed by atoms with Gasteiger partial charge in [0, 0.05) is 23.1 Å². The molecule has 116 valence electrons. The third-order valence-electron chi connectivity index (χ3n) is 3.33. The number of hydrogen-bond acceptors (Lipinski definition) is 3. The van der Waals surface area contributed by atoms with E-state index in [1.54, 1.807) is 11.3 Å². The molecule has 0 radical (unpaired) electrons. The molecule has 2 aromatic carbocycles. The number of carbonyl (C=O) groups is 1. The van der Waals surface area contributed by atoms with Crippen molar-refractivity contribution < 1.29 is 9.18 Å². The summed E-state index contributed by atoms with van der Waals surface area (Å²) in [5.41, 5.74) is 1.67. The minimum absolute atomic E-state index is 0.232. The van der Waals surface area contributed by atoms with E-state index in [2.05, 4.69) is 22.4 Å². The average molecular weight is 326 g/mol. The zero-order valence-electron chi connectivity index (χ0n) is 12.3. The Labute approximate surface area is 137 Å². The zero-order chi connectivity index (χ0) is 16.1. The lowest BCUT2D eigenvalue weighted by Gasteiger charge is -2.02. The van der Waals surface area contributed by atoms with Gasteiger partial charge in [-0.25, -0.2) is 9.37 Å². The maximum atomic E-state index is 12.8. The first-order chi connectivity index (χ1) is 11.2. The zero-order valence-corrected chi connectivity index (χ0v) is 13.1. The number of amides is 1. The highest BCUT2D eigenvalue weighted by atomic mass is 32.1. The van der Waals surface area contributed by atoms with Gasteiger partial charge in [0.05, 0.1) is 6.54 Å². The maximum absolute atomic E-state index is 12.8. The number of thiazole rings is 1. The van der Waals surface area contributed by atoms with Crippen LogP contribution in [0.15, 0.2) is 60.8 Å². The molecule has 1 N–H and O–H groups in total. The summed E-state index contributed by atoms with van der Waals surface area (Å²) >= 11 is 1.58. The molecular weight excluding hydrogens is 311 g/mol. The number of rotatable bonds is 5. The molecule has 0 aliphatic heterocycles. The third-order valence-corrected chi connectivity index (χ3v) is 4.33. The van der Waals surface area contributed by atoms with Gasteiger partial charge in [-0.05, 0) is 29.8 Å². The molecular formula is C18H15FN2OS. The normalized spacial score (nSPS) is 10.5. The lowest BCUT2D eigenvalue weighted by molar-refractivity contribution is 0.0951. The van der Waals surface area contributed by atoms with Crippen LogP contribution >= 0.6 is 11.3 Å². The van der Waals surface area contributed by atoms with Crippen molar-refractivity contribution >= 4 is 17.2 Å². The molecule has 3 nitrogen and oxygen atoms in total. The summed E-state index contributed by atoms with van der Waals surface area (Å²) in [7, 11) is 0. The molecule has 0 atom stereocenters. The second kappa shape index (κ2) is 7.15. The van der Waals surface area contributed by atoms with Crippen LogP contribution in [-0.4, -0.2) is 10.9 Å². The van der Waals surface area contributed by atoms with Crippen molar-refractivity contribution in [2.45, 2.75) is 13.0 Å². The van der Waals surface area contributed by atoms with Gasteiger partial charge in [0.15, 0.2) is 0 Å². The van der Waals surface area contributed by atoms with E-state index < -0.39 is 0 Å². The van der Waals surface area contributed by atoms with Gasteiger partial charge < -0.3 is 5.32 Å². The smallest absolute Gasteiger partial charge is 0.251 e. The van der Waals surface area contributed by atoms with Crippen molar-refractivity contribution in [3.05, 3.63) is 87.6 Å². The Morgan fingerprint density at radius 1 is 1.09 bits per heavy atom. The third kappa shape index (κ3) is 4.23. The molecule has 0 fully saturated rings. The summed E-state index contributed by atoms with van der Waals surface area (Å²) in [4.78, 5) is 17.5. The summed E-state index contributed by atoms with van der Waals surface area (Å²) in [5.74, 6) is -0.586. The fraction of sp³-hybridized carbons (Fsp3) is 0.111. The maximum Gasteiger partial charge on any atom is 0.251 e. The van der Waals surface area contributed by atoms with Crippen LogP contribution in [-0.2, 0) is 13.0 Å². The quantitative estimate of drug-likeness (QED) is 0.775. The first kappa shape index (κ1) is 15.4. The molecule has 0 unspecified atom stereocenters. The van der Waals surface area contributed by atoms with Gasteiger partial charge in [-0.3, -0.25) is 4.79 Å². The molecule has 0 aliphatic carbocycles. The van der Waals surface area contributed by atoms with Crippen molar-refractivity contribution in [2.75, 3.05) is 0 Å². The average Bonchev–Trinajstić information content (AvgIpc) is 3.02. The SMILES string of the molecule is O=C(NCc1ncc(Cc2ccccc2)s1)c1ccc(F)cc1. The van der Waals surface area contributed by atoms with Crippen molar-refractivity contribution in [3.8, 4) is 0 Å². The van der Waals surface area contributed by atoms with E-state index in [4.69, 9.17) is 0 Å². The van der Waals surface area contributed by atoms with E-state index in [1.807, 2.05) is 24.4 Å². The highest BCUT2D eigenvalue weighted by Crippen LogP contribution is 2.17. The largest absolute Gasteiger partial charge is 0.346 e. The molecule has 1 amide bonds. The van der Waals surface area contributed by atoms with Crippen LogP contribution < -0.4 is 5.32 Å². The Balaban J connectivity index is 1.57. The van der Waals surface area contributed by atoms with Gasteiger partial charge in [0.2, 0.25) is 0 Å². The predicted octanol–water partition coefficient (Wildman–Crippen LogP) is 3.80. The second-order valence-electron chi connectivity index (χ2n) is 5.07. The molecule has 1 heterocycles. The highest BCUT2D eigenvalue weighted by Gasteiger charge is 2.08. The molecule has 0 saturated heterocycles. The standard InChI is InChI=1S/C18H15FN2OS/c19-15-8-6-14(7-9-15)18(22)21-12-17-20-11-16(23-17)10-13-4-2-1-3-5-13/h1-9,11H,10,12H2,(H,21,22). The van der Waals surface area contributed by atoms with Crippen molar-refractivity contribution in [1.29, 1.82) is 0 Å². The monoisotopic (exact) mass is 326 g/mol. The van der Waals surface area contributed by atoms with Crippen molar-refractivity contribution in [2.24, 2.45) is 0 Å². The van der Waals surface area contributed by atoms with E-state index in [1.165, 1.54) is 29.8 Å². The molecule has 3 aromatic rings. The molecule has 5 heteroatoms. The Kier molecular flexibility index (Phi) is 4.78. The Morgan fingerprint density at radius 3 is 2.57 bits per heavy atom. The van der Waals surface area contributed by atoms with E-state index >= 15 is 0 Å². The summed E-state index contributed by atoms with van der Waals surface area (Å²) in [6.45, 7) is 0.371. The lowest BCUT2D eigenvalue weighted by atomic mass is 10.1. The Morgan fingerprint density at radius 2 is 1.83 bits per heavy atom. The Bertz CT molecular complexity index is 784. The number of carbonyl (C=O) groups excluding carboxylic acids is 1. The molecule has 0 spiro atoms. The van der Waals surface area contributed by atoms with Crippen molar-refractivity contribution in [1.82, 2.24) is 10.3 Å². The molecule has 0 aliphatic rings. The van der Waals surface area contributed by atoms with Gasteiger partial charge in [-0.2, -0.15) is 0 Å². The fourth-order valence-electron chi connectivity index (χ4n) is 2.17. The van der Waals surface area contributed by atoms with E-state index in [0.717, 1.165) is 16.3 Å². The second-order valence-corrected chi connectivity index (χ2v) is 6.27. The summed E-state index contributed by atoms with van der Waals surface area (Å²) in [5, 5.41) is 3.65. The summed E-state index contributed by atoms with van der Waals surface area (Å²) in [6.07, 6.45) is 2.68. The molecule has 3 rings (SSSR count). The minimum atomic E-state index is -0.355. The van der Waals surface area contributed by atoms with Gasteiger partial charge in [-0.15, -0.1) is 11.3 Å². The van der Waals surface area contributed by atoms with Crippen LogP contribution in [0.3, 0.4) is 0 Å². The highest BCUT2D eigenvalue weighted by molar-refractivity contribution is 7.11. The van der Waals surface area contributed by atoms with E-state index in [0.29, 0.717) is 12.1 Å². The van der Waals surface area contributed by atoms with Crippen LogP contribution in [0, 0.1) is 5.82 Å². The number of nitrogens with zero attached hydrogens (tertiary/aromatic N) is 1. The number of hydrogen-bond donors (Lipinski definition) is 1. The van der Waals surface area contributed by atoms with Crippen LogP contribution in [0.1, 0.15) is 25.8 Å². The number of nitrogens with one attached hydrogen (secondary N) is 1. The van der Waals surface area contributed by atoms with Crippen LogP contribution in [0.2, 0.25) is 0 Å². The first-order valence-electron chi connectivity index (χ1n) is 7.22. The van der Waals surface area contributed by atoms with Crippen LogP contribution in [0.5, 0.6) is 0 Å². The number of benzene rings is 2. The molecule has 0 bridgehead atoms. The molecule has 23 heavy (non-hydrogen) atoms. The van der Waals surface area contributed by atoms with E-state index in [-0.39, 0.29) is 11.7 Å². The predicted molar refractivity (Wildman–Crippen MR) is 88.9 cm³/mol. The van der Waals surface area contributed by atoms with Gasteiger partial charge >= 0.3 is 0 Å². The number of halogens is 1. The van der Waals surface area contributed by atoms with Gasteiger partial charge in [0.25, 0.3) is 5.91 Å². The van der Waals surface area contributed by atoms with E-state index in [9.17, 15) is 9.18 Å². The summed E-state index contributed by atoms with van der Waals surface area (Å²) in [6, 6.07) is 15.7. The fourth-order valence-corrected chi connectivity index (χ4v) is 3.06.